The van der Waals surface area contributed by atoms with Crippen LogP contribution < -0.4 is 9.47 Å². The van der Waals surface area contributed by atoms with Crippen LogP contribution in [0.5, 0.6) is 11.5 Å². The van der Waals surface area contributed by atoms with Crippen LogP contribution in [-0.2, 0) is 11.3 Å². The Morgan fingerprint density at radius 3 is 2.72 bits per heavy atom. The highest BCUT2D eigenvalue weighted by Gasteiger charge is 2.31. The molecule has 5 nitrogen and oxygen atoms in total. The molecule has 29 heavy (non-hydrogen) atoms. The maximum absolute atomic E-state index is 13.2. The standard InChI is InChI=1S/C24H22N2O3/c27-23(12-9-18-6-2-1-3-7-18)26-15-5-14-25-13-4-8-20(25)24(26)19-10-11-21-22(16-19)29-17-28-21/h1-4,6-13,16,24H,5,14-15,17H2/b12-9+. The molecule has 0 spiro atoms. The Morgan fingerprint density at radius 1 is 0.966 bits per heavy atom. The van der Waals surface area contributed by atoms with Crippen LogP contribution >= 0.6 is 0 Å². The van der Waals surface area contributed by atoms with Crippen LogP contribution in [0.15, 0.2) is 72.9 Å². The summed E-state index contributed by atoms with van der Waals surface area (Å²) in [6.07, 6.45) is 6.55. The summed E-state index contributed by atoms with van der Waals surface area (Å²) in [6.45, 7) is 1.83. The Hall–Kier alpha value is -3.47. The normalized spacial score (nSPS) is 17.9. The first kappa shape index (κ1) is 17.6. The summed E-state index contributed by atoms with van der Waals surface area (Å²) in [6, 6.07) is 19.8. The monoisotopic (exact) mass is 386 g/mol. The number of nitrogens with zero attached hydrogens (tertiary/aromatic N) is 2. The molecule has 2 aromatic carbocycles. The molecule has 146 valence electrons. The van der Waals surface area contributed by atoms with E-state index in [1.165, 1.54) is 0 Å². The molecule has 0 saturated carbocycles. The van der Waals surface area contributed by atoms with E-state index in [1.54, 1.807) is 6.08 Å². The molecule has 1 aromatic heterocycles. The van der Waals surface area contributed by atoms with Crippen LogP contribution in [-0.4, -0.2) is 28.7 Å². The van der Waals surface area contributed by atoms with Crippen LogP contribution in [0, 0.1) is 0 Å². The van der Waals surface area contributed by atoms with Crippen LogP contribution in [0.1, 0.15) is 29.3 Å². The van der Waals surface area contributed by atoms with E-state index in [0.717, 1.165) is 41.3 Å². The number of aromatic nitrogens is 1. The molecular weight excluding hydrogens is 364 g/mol. The van der Waals surface area contributed by atoms with Gasteiger partial charge in [-0.3, -0.25) is 4.79 Å². The van der Waals surface area contributed by atoms with Crippen molar-refractivity contribution in [2.75, 3.05) is 13.3 Å². The minimum Gasteiger partial charge on any atom is -0.454 e. The van der Waals surface area contributed by atoms with Crippen molar-refractivity contribution in [3.8, 4) is 11.5 Å². The summed E-state index contributed by atoms with van der Waals surface area (Å²) in [5.41, 5.74) is 3.15. The highest BCUT2D eigenvalue weighted by molar-refractivity contribution is 5.92. The Balaban J connectivity index is 1.52. The van der Waals surface area contributed by atoms with E-state index in [1.807, 2.05) is 65.6 Å². The molecule has 5 heteroatoms. The number of hydrogen-bond acceptors (Lipinski definition) is 3. The largest absolute Gasteiger partial charge is 0.454 e. The SMILES string of the molecule is O=C(/C=C/c1ccccc1)N1CCCn2cccc2C1c1ccc2c(c1)OCO2. The van der Waals surface area contributed by atoms with Crippen molar-refractivity contribution in [3.63, 3.8) is 0 Å². The minimum atomic E-state index is -0.171. The third-order valence-electron chi connectivity index (χ3n) is 5.47. The van der Waals surface area contributed by atoms with E-state index in [0.29, 0.717) is 6.54 Å². The molecule has 0 fully saturated rings. The second-order valence-corrected chi connectivity index (χ2v) is 7.27. The van der Waals surface area contributed by atoms with Crippen molar-refractivity contribution in [1.82, 2.24) is 9.47 Å². The molecule has 1 unspecified atom stereocenters. The molecule has 2 aliphatic rings. The van der Waals surface area contributed by atoms with Gasteiger partial charge >= 0.3 is 0 Å². The van der Waals surface area contributed by atoms with Crippen molar-refractivity contribution in [2.24, 2.45) is 0 Å². The molecule has 5 rings (SSSR count). The van der Waals surface area contributed by atoms with Gasteiger partial charge in [0.15, 0.2) is 11.5 Å². The number of carbonyl (C=O) groups excluding carboxylic acids is 1. The minimum absolute atomic E-state index is 0.00571. The van der Waals surface area contributed by atoms with Gasteiger partial charge in [-0.05, 0) is 47.9 Å². The maximum Gasteiger partial charge on any atom is 0.247 e. The molecule has 3 aromatic rings. The van der Waals surface area contributed by atoms with Gasteiger partial charge in [0, 0.05) is 31.1 Å². The van der Waals surface area contributed by atoms with Gasteiger partial charge in [-0.2, -0.15) is 0 Å². The number of benzene rings is 2. The van der Waals surface area contributed by atoms with Gasteiger partial charge in [-0.15, -0.1) is 0 Å². The molecule has 2 aliphatic heterocycles. The fraction of sp³-hybridized carbons (Fsp3) is 0.208. The van der Waals surface area contributed by atoms with Gasteiger partial charge in [0.1, 0.15) is 0 Å². The lowest BCUT2D eigenvalue weighted by atomic mass is 10.0. The summed E-state index contributed by atoms with van der Waals surface area (Å²) in [5, 5.41) is 0. The number of carbonyl (C=O) groups is 1. The molecule has 0 bridgehead atoms. The van der Waals surface area contributed by atoms with Gasteiger partial charge in [0.05, 0.1) is 6.04 Å². The van der Waals surface area contributed by atoms with Gasteiger partial charge < -0.3 is 18.9 Å². The zero-order valence-corrected chi connectivity index (χ0v) is 16.0. The van der Waals surface area contributed by atoms with E-state index in [-0.39, 0.29) is 18.7 Å². The van der Waals surface area contributed by atoms with Crippen molar-refractivity contribution < 1.29 is 14.3 Å². The summed E-state index contributed by atoms with van der Waals surface area (Å²) >= 11 is 0. The average molecular weight is 386 g/mol. The Labute approximate surface area is 169 Å². The second-order valence-electron chi connectivity index (χ2n) is 7.27. The number of hydrogen-bond donors (Lipinski definition) is 0. The van der Waals surface area contributed by atoms with Crippen LogP contribution in [0.2, 0.25) is 0 Å². The molecule has 3 heterocycles. The van der Waals surface area contributed by atoms with Crippen molar-refractivity contribution in [3.05, 3.63) is 89.8 Å². The fourth-order valence-electron chi connectivity index (χ4n) is 4.08. The molecule has 1 amide bonds. The topological polar surface area (TPSA) is 43.7 Å². The fourth-order valence-corrected chi connectivity index (χ4v) is 4.08. The Kier molecular flexibility index (Phi) is 4.56. The lowest BCUT2D eigenvalue weighted by molar-refractivity contribution is -0.127. The predicted octanol–water partition coefficient (Wildman–Crippen LogP) is 4.25. The van der Waals surface area contributed by atoms with Crippen LogP contribution in [0.25, 0.3) is 6.08 Å². The zero-order chi connectivity index (χ0) is 19.6. The van der Waals surface area contributed by atoms with Gasteiger partial charge in [0.25, 0.3) is 0 Å². The van der Waals surface area contributed by atoms with Crippen molar-refractivity contribution in [2.45, 2.75) is 19.0 Å². The van der Waals surface area contributed by atoms with Gasteiger partial charge in [0.2, 0.25) is 12.7 Å². The smallest absolute Gasteiger partial charge is 0.247 e. The van der Waals surface area contributed by atoms with Crippen molar-refractivity contribution in [1.29, 1.82) is 0 Å². The quantitative estimate of drug-likeness (QED) is 0.632. The zero-order valence-electron chi connectivity index (χ0n) is 16.0. The molecule has 0 N–H and O–H groups in total. The number of amides is 1. The number of ether oxygens (including phenoxy) is 2. The summed E-state index contributed by atoms with van der Waals surface area (Å²) in [7, 11) is 0. The average Bonchev–Trinajstić information content (AvgIpc) is 3.38. The van der Waals surface area contributed by atoms with Crippen molar-refractivity contribution >= 4 is 12.0 Å². The van der Waals surface area contributed by atoms with Gasteiger partial charge in [-0.25, -0.2) is 0 Å². The lowest BCUT2D eigenvalue weighted by Crippen LogP contribution is -2.34. The third kappa shape index (κ3) is 3.40. The number of fused-ring (bicyclic) bond motifs is 2. The van der Waals surface area contributed by atoms with E-state index in [9.17, 15) is 4.79 Å². The van der Waals surface area contributed by atoms with E-state index >= 15 is 0 Å². The highest BCUT2D eigenvalue weighted by Crippen LogP contribution is 2.39. The van der Waals surface area contributed by atoms with Gasteiger partial charge in [-0.1, -0.05) is 36.4 Å². The first-order chi connectivity index (χ1) is 14.3. The van der Waals surface area contributed by atoms with E-state index in [4.69, 9.17) is 9.47 Å². The van der Waals surface area contributed by atoms with Crippen LogP contribution in [0.4, 0.5) is 0 Å². The summed E-state index contributed by atoms with van der Waals surface area (Å²) < 4.78 is 13.3. The second kappa shape index (κ2) is 7.51. The first-order valence-corrected chi connectivity index (χ1v) is 9.88. The number of aryl methyl sites for hydroxylation is 1. The predicted molar refractivity (Wildman–Crippen MR) is 111 cm³/mol. The van der Waals surface area contributed by atoms with E-state index in [2.05, 4.69) is 16.8 Å². The highest BCUT2D eigenvalue weighted by atomic mass is 16.7. The summed E-state index contributed by atoms with van der Waals surface area (Å²) in [5.74, 6) is 1.49. The Bertz CT molecular complexity index is 1050. The molecular formula is C24H22N2O3. The molecule has 0 radical (unpaired) electrons. The van der Waals surface area contributed by atoms with E-state index < -0.39 is 0 Å². The number of rotatable bonds is 3. The van der Waals surface area contributed by atoms with Crippen LogP contribution in [0.3, 0.4) is 0 Å². The maximum atomic E-state index is 13.2. The molecule has 1 atom stereocenters. The first-order valence-electron chi connectivity index (χ1n) is 9.88. The molecule has 0 aliphatic carbocycles. The Morgan fingerprint density at radius 2 is 1.83 bits per heavy atom. The lowest BCUT2D eigenvalue weighted by Gasteiger charge is -2.30. The molecule has 0 saturated heterocycles. The summed E-state index contributed by atoms with van der Waals surface area (Å²) in [4.78, 5) is 15.2. The third-order valence-corrected chi connectivity index (χ3v) is 5.47.